The third-order valence-corrected chi connectivity index (χ3v) is 2.56. The van der Waals surface area contributed by atoms with Crippen molar-refractivity contribution in [1.29, 1.82) is 0 Å². The molecule has 0 bridgehead atoms. The number of thioether (sulfide) groups is 1. The van der Waals surface area contributed by atoms with Gasteiger partial charge in [0.05, 0.1) is 18.3 Å². The van der Waals surface area contributed by atoms with Crippen molar-refractivity contribution < 1.29 is 44.3 Å². The van der Waals surface area contributed by atoms with E-state index < -0.39 is 12.5 Å². The van der Waals surface area contributed by atoms with Gasteiger partial charge in [0.15, 0.2) is 0 Å². The molecule has 1 aliphatic rings. The van der Waals surface area contributed by atoms with E-state index in [1.807, 2.05) is 0 Å². The summed E-state index contributed by atoms with van der Waals surface area (Å²) in [5.41, 5.74) is 0. The van der Waals surface area contributed by atoms with Crippen LogP contribution in [0, 0.1) is 0 Å². The minimum Gasteiger partial charge on any atom is -0.548 e. The summed E-state index contributed by atoms with van der Waals surface area (Å²) in [6, 6.07) is 0. The largest absolute Gasteiger partial charge is 1.00 e. The molecule has 0 N–H and O–H groups in total. The van der Waals surface area contributed by atoms with Crippen LogP contribution in [0.1, 0.15) is 0 Å². The van der Waals surface area contributed by atoms with Crippen molar-refractivity contribution in [2.24, 2.45) is 0 Å². The average molecular weight is 213 g/mol. The second-order valence-electron chi connectivity index (χ2n) is 1.91. The van der Waals surface area contributed by atoms with E-state index in [9.17, 15) is 14.7 Å². The van der Waals surface area contributed by atoms with Gasteiger partial charge in [-0.05, 0) is 0 Å². The Kier molecular flexibility index (Phi) is 5.35. The summed E-state index contributed by atoms with van der Waals surface area (Å²) in [6.07, 6.45) is 0. The van der Waals surface area contributed by atoms with E-state index in [0.717, 1.165) is 4.90 Å². The maximum atomic E-state index is 10.8. The molecule has 1 rings (SSSR count). The molecule has 0 aliphatic carbocycles. The Labute approximate surface area is 101 Å². The molecule has 1 fully saturated rings. The molecule has 4 nitrogen and oxygen atoms in total. The Bertz CT molecular complexity index is 217. The number of carbonyl (C=O) groups excluding carboxylic acids is 2. The van der Waals surface area contributed by atoms with Crippen LogP contribution >= 0.6 is 24.0 Å². The van der Waals surface area contributed by atoms with Gasteiger partial charge in [-0.2, -0.15) is 0 Å². The molecule has 0 aromatic carbocycles. The first kappa shape index (κ1) is 12.4. The quantitative estimate of drug-likeness (QED) is 0.342. The van der Waals surface area contributed by atoms with Crippen molar-refractivity contribution in [3.8, 4) is 0 Å². The van der Waals surface area contributed by atoms with Crippen molar-refractivity contribution in [1.82, 2.24) is 4.90 Å². The molecule has 0 atom stereocenters. The van der Waals surface area contributed by atoms with Gasteiger partial charge in [-0.25, -0.2) is 0 Å². The fourth-order valence-corrected chi connectivity index (χ4v) is 1.73. The molecular weight excluding hydrogens is 209 g/mol. The third kappa shape index (κ3) is 3.02. The summed E-state index contributed by atoms with van der Waals surface area (Å²) < 4.78 is 0.319. The molecule has 60 valence electrons. The number of thiocarbonyl (C=S) groups is 1. The average Bonchev–Trinajstić information content (AvgIpc) is 2.18. The number of carboxylic acids is 1. The maximum Gasteiger partial charge on any atom is 1.00 e. The number of carbonyl (C=O) groups is 2. The molecular formula is C5H4NNaO3S2. The number of hydrogen-bond donors (Lipinski definition) is 0. The number of aliphatic carboxylic acids is 1. The molecule has 0 unspecified atom stereocenters. The third-order valence-electron chi connectivity index (χ3n) is 1.13. The van der Waals surface area contributed by atoms with Crippen LogP contribution in [0.15, 0.2) is 0 Å². The van der Waals surface area contributed by atoms with E-state index in [-0.39, 0.29) is 41.2 Å². The Morgan fingerprint density at radius 3 is 2.67 bits per heavy atom. The number of amides is 1. The van der Waals surface area contributed by atoms with Crippen molar-refractivity contribution in [2.45, 2.75) is 0 Å². The number of nitrogens with zero attached hydrogens (tertiary/aromatic N) is 1. The van der Waals surface area contributed by atoms with E-state index in [4.69, 9.17) is 12.2 Å². The smallest absolute Gasteiger partial charge is 0.548 e. The summed E-state index contributed by atoms with van der Waals surface area (Å²) in [6.45, 7) is -0.426. The van der Waals surface area contributed by atoms with Crippen molar-refractivity contribution in [3.63, 3.8) is 0 Å². The van der Waals surface area contributed by atoms with Crippen molar-refractivity contribution in [2.75, 3.05) is 12.3 Å². The van der Waals surface area contributed by atoms with Gasteiger partial charge in [0.1, 0.15) is 4.32 Å². The zero-order valence-corrected chi connectivity index (χ0v) is 10.0. The fourth-order valence-electron chi connectivity index (χ4n) is 0.663. The molecule has 0 aromatic rings. The molecule has 1 saturated heterocycles. The van der Waals surface area contributed by atoms with Crippen LogP contribution in [0.25, 0.3) is 0 Å². The van der Waals surface area contributed by atoms with Gasteiger partial charge < -0.3 is 9.90 Å². The Morgan fingerprint density at radius 2 is 2.33 bits per heavy atom. The van der Waals surface area contributed by atoms with Gasteiger partial charge in [-0.15, -0.1) is 0 Å². The predicted octanol–water partition coefficient (Wildman–Crippen LogP) is -4.40. The van der Waals surface area contributed by atoms with E-state index >= 15 is 0 Å². The fraction of sp³-hybridized carbons (Fsp3) is 0.400. The number of hydrogen-bond acceptors (Lipinski definition) is 5. The van der Waals surface area contributed by atoms with Crippen LogP contribution in [0.2, 0.25) is 0 Å². The zero-order valence-electron chi connectivity index (χ0n) is 6.40. The van der Waals surface area contributed by atoms with Crippen LogP contribution in [0.5, 0.6) is 0 Å². The number of carboxylic acid groups (broad SMARTS) is 1. The molecule has 0 aromatic heterocycles. The molecule has 0 saturated carbocycles. The topological polar surface area (TPSA) is 60.4 Å². The van der Waals surface area contributed by atoms with E-state index in [0.29, 0.717) is 4.32 Å². The summed E-state index contributed by atoms with van der Waals surface area (Å²) in [7, 11) is 0. The molecule has 1 aliphatic heterocycles. The second-order valence-corrected chi connectivity index (χ2v) is 3.52. The maximum absolute atomic E-state index is 10.8. The van der Waals surface area contributed by atoms with Gasteiger partial charge in [-0.3, -0.25) is 9.69 Å². The minimum absolute atomic E-state index is 0. The van der Waals surface area contributed by atoms with Crippen LogP contribution in [0.3, 0.4) is 0 Å². The molecule has 7 heteroatoms. The monoisotopic (exact) mass is 213 g/mol. The van der Waals surface area contributed by atoms with Gasteiger partial charge in [0, 0.05) is 0 Å². The molecule has 12 heavy (non-hydrogen) atoms. The summed E-state index contributed by atoms with van der Waals surface area (Å²) >= 11 is 5.89. The van der Waals surface area contributed by atoms with Gasteiger partial charge in [0.25, 0.3) is 0 Å². The summed E-state index contributed by atoms with van der Waals surface area (Å²) in [4.78, 5) is 22.0. The molecule has 0 radical (unpaired) electrons. The minimum atomic E-state index is -1.29. The summed E-state index contributed by atoms with van der Waals surface area (Å²) in [5, 5.41) is 10.1. The first-order valence-corrected chi connectivity index (χ1v) is 4.17. The Balaban J connectivity index is 0.00000121. The van der Waals surface area contributed by atoms with Crippen LogP contribution < -0.4 is 34.7 Å². The Morgan fingerprint density at radius 1 is 1.75 bits per heavy atom. The SMILES string of the molecule is O=C([O-])CN1C(=O)CSC1=S.[Na+]. The van der Waals surface area contributed by atoms with Crippen LogP contribution in [-0.4, -0.2) is 33.4 Å². The van der Waals surface area contributed by atoms with Crippen LogP contribution in [-0.2, 0) is 9.59 Å². The van der Waals surface area contributed by atoms with Gasteiger partial charge >= 0.3 is 29.6 Å². The van der Waals surface area contributed by atoms with E-state index in [1.54, 1.807) is 0 Å². The first-order valence-electron chi connectivity index (χ1n) is 2.78. The van der Waals surface area contributed by atoms with Crippen LogP contribution in [0.4, 0.5) is 0 Å². The van der Waals surface area contributed by atoms with Gasteiger partial charge in [0.2, 0.25) is 5.91 Å². The number of rotatable bonds is 2. The normalized spacial score (nSPS) is 16.2. The first-order chi connectivity index (χ1) is 5.11. The van der Waals surface area contributed by atoms with E-state index in [2.05, 4.69) is 0 Å². The molecule has 0 spiro atoms. The predicted molar refractivity (Wildman–Crippen MR) is 41.8 cm³/mol. The Hall–Kier alpha value is 0.380. The zero-order chi connectivity index (χ0) is 8.43. The standard InChI is InChI=1S/C5H5NO3S2.Na/c7-3-2-11-5(10)6(3)1-4(8)9;/h1-2H2,(H,8,9);/q;+1/p-1. The second kappa shape index (κ2) is 5.18. The van der Waals surface area contributed by atoms with Crippen molar-refractivity contribution >= 4 is 40.2 Å². The van der Waals surface area contributed by atoms with Crippen molar-refractivity contribution in [3.05, 3.63) is 0 Å². The van der Waals surface area contributed by atoms with E-state index in [1.165, 1.54) is 11.8 Å². The summed E-state index contributed by atoms with van der Waals surface area (Å²) in [5.74, 6) is -1.31. The molecule has 1 amide bonds. The molecule has 1 heterocycles. The van der Waals surface area contributed by atoms with Gasteiger partial charge in [-0.1, -0.05) is 24.0 Å².